The van der Waals surface area contributed by atoms with Crippen molar-refractivity contribution in [1.82, 2.24) is 4.57 Å². The van der Waals surface area contributed by atoms with E-state index in [0.29, 0.717) is 15.7 Å². The zero-order valence-corrected chi connectivity index (χ0v) is 12.5. The van der Waals surface area contributed by atoms with E-state index in [-0.39, 0.29) is 0 Å². The van der Waals surface area contributed by atoms with Crippen molar-refractivity contribution >= 4 is 32.9 Å². The molecule has 0 amide bonds. The van der Waals surface area contributed by atoms with Gasteiger partial charge in [0.2, 0.25) is 0 Å². The predicted octanol–water partition coefficient (Wildman–Crippen LogP) is 4.06. The van der Waals surface area contributed by atoms with Crippen LogP contribution in [0.3, 0.4) is 0 Å². The van der Waals surface area contributed by atoms with E-state index in [0.717, 1.165) is 5.39 Å². The Labute approximate surface area is 119 Å². The van der Waals surface area contributed by atoms with Crippen LogP contribution < -0.4 is 0 Å². The summed E-state index contributed by atoms with van der Waals surface area (Å²) < 4.78 is 7.38. The summed E-state index contributed by atoms with van der Waals surface area (Å²) >= 11 is 3.34. The molecule has 2 aromatic rings. The number of aromatic nitrogens is 1. The highest BCUT2D eigenvalue weighted by molar-refractivity contribution is 9.10. The molecule has 0 aliphatic heterocycles. The first-order chi connectivity index (χ1) is 8.81. The number of carbonyl (C=O) groups excluding carboxylic acids is 1. The Hall–Kier alpha value is -1.80. The summed E-state index contributed by atoms with van der Waals surface area (Å²) in [5, 5.41) is 9.80. The first kappa shape index (κ1) is 13.6. The van der Waals surface area contributed by atoms with Gasteiger partial charge in [0.1, 0.15) is 5.60 Å². The largest absolute Gasteiger partial charge is 0.443 e. The molecule has 0 fully saturated rings. The Morgan fingerprint density at radius 3 is 2.63 bits per heavy atom. The fraction of sp³-hybridized carbons (Fsp3) is 0.286. The maximum absolute atomic E-state index is 12.2. The number of rotatable bonds is 0. The summed E-state index contributed by atoms with van der Waals surface area (Å²) in [5.41, 5.74) is 0.586. The molecule has 0 unspecified atom stereocenters. The van der Waals surface area contributed by atoms with E-state index >= 15 is 0 Å². The Morgan fingerprint density at radius 2 is 2.05 bits per heavy atom. The van der Waals surface area contributed by atoms with Crippen molar-refractivity contribution in [1.29, 1.82) is 5.26 Å². The maximum Gasteiger partial charge on any atom is 0.419 e. The lowest BCUT2D eigenvalue weighted by atomic mass is 10.2. The molecule has 0 N–H and O–H groups in total. The van der Waals surface area contributed by atoms with Crippen LogP contribution in [-0.4, -0.2) is 16.3 Å². The van der Waals surface area contributed by atoms with E-state index < -0.39 is 11.7 Å². The van der Waals surface area contributed by atoms with Gasteiger partial charge in [0.05, 0.1) is 21.8 Å². The van der Waals surface area contributed by atoms with Gasteiger partial charge in [-0.05, 0) is 54.9 Å². The maximum atomic E-state index is 12.2. The molecule has 0 atom stereocenters. The molecule has 0 aliphatic carbocycles. The molecule has 5 heteroatoms. The van der Waals surface area contributed by atoms with Crippen LogP contribution in [-0.2, 0) is 4.74 Å². The van der Waals surface area contributed by atoms with Gasteiger partial charge in [-0.25, -0.2) is 9.36 Å². The van der Waals surface area contributed by atoms with Gasteiger partial charge in [0, 0.05) is 5.39 Å². The molecule has 1 heterocycles. The van der Waals surface area contributed by atoms with E-state index in [4.69, 9.17) is 10.00 Å². The molecular weight excluding hydrogens is 308 g/mol. The fourth-order valence-electron chi connectivity index (χ4n) is 1.73. The number of hydrogen-bond acceptors (Lipinski definition) is 3. The van der Waals surface area contributed by atoms with Crippen molar-refractivity contribution in [3.63, 3.8) is 0 Å². The number of hydrogen-bond donors (Lipinski definition) is 0. The van der Waals surface area contributed by atoms with Crippen LogP contribution in [0.25, 0.3) is 10.9 Å². The first-order valence-corrected chi connectivity index (χ1v) is 6.55. The number of carbonyl (C=O) groups is 1. The van der Waals surface area contributed by atoms with Gasteiger partial charge in [0.15, 0.2) is 0 Å². The lowest BCUT2D eigenvalue weighted by Crippen LogP contribution is -2.27. The van der Waals surface area contributed by atoms with E-state index in [9.17, 15) is 4.79 Å². The second-order valence-electron chi connectivity index (χ2n) is 5.17. The van der Waals surface area contributed by atoms with Gasteiger partial charge in [-0.1, -0.05) is 6.07 Å². The predicted molar refractivity (Wildman–Crippen MR) is 76.0 cm³/mol. The number of halogens is 1. The molecule has 0 bridgehead atoms. The zero-order chi connectivity index (χ0) is 14.2. The summed E-state index contributed by atoms with van der Waals surface area (Å²) in [4.78, 5) is 12.2. The minimum absolute atomic E-state index is 0.468. The fourth-order valence-corrected chi connectivity index (χ4v) is 2.31. The normalized spacial score (nSPS) is 11.3. The van der Waals surface area contributed by atoms with Crippen molar-refractivity contribution < 1.29 is 9.53 Å². The summed E-state index contributed by atoms with van der Waals surface area (Å²) in [7, 11) is 0. The van der Waals surface area contributed by atoms with Gasteiger partial charge in [-0.2, -0.15) is 5.26 Å². The van der Waals surface area contributed by atoms with Crippen molar-refractivity contribution in [2.45, 2.75) is 26.4 Å². The van der Waals surface area contributed by atoms with E-state index in [2.05, 4.69) is 22.0 Å². The average molecular weight is 321 g/mol. The summed E-state index contributed by atoms with van der Waals surface area (Å²) in [5.74, 6) is 0. The highest BCUT2D eigenvalue weighted by Crippen LogP contribution is 2.26. The number of nitriles is 1. The molecule has 0 spiro atoms. The molecule has 1 aromatic heterocycles. The van der Waals surface area contributed by atoms with Gasteiger partial charge in [-0.3, -0.25) is 0 Å². The summed E-state index contributed by atoms with van der Waals surface area (Å²) in [6.07, 6.45) is -0.468. The molecule has 98 valence electrons. The first-order valence-electron chi connectivity index (χ1n) is 5.76. The van der Waals surface area contributed by atoms with Crippen molar-refractivity contribution in [3.8, 4) is 6.07 Å². The lowest BCUT2D eigenvalue weighted by Gasteiger charge is -2.20. The second-order valence-corrected chi connectivity index (χ2v) is 5.98. The van der Waals surface area contributed by atoms with Gasteiger partial charge in [-0.15, -0.1) is 0 Å². The van der Waals surface area contributed by atoms with Crippen molar-refractivity contribution in [3.05, 3.63) is 34.4 Å². The summed E-state index contributed by atoms with van der Waals surface area (Å²) in [6.45, 7) is 5.43. The molecule has 1 aromatic carbocycles. The highest BCUT2D eigenvalue weighted by Gasteiger charge is 2.21. The van der Waals surface area contributed by atoms with Crippen LogP contribution in [0.1, 0.15) is 26.3 Å². The lowest BCUT2D eigenvalue weighted by molar-refractivity contribution is 0.0541. The number of ether oxygens (including phenoxy) is 1. The van der Waals surface area contributed by atoms with Crippen LogP contribution in [0, 0.1) is 11.3 Å². The second kappa shape index (κ2) is 4.71. The van der Waals surface area contributed by atoms with Crippen LogP contribution in [0.5, 0.6) is 0 Å². The van der Waals surface area contributed by atoms with Gasteiger partial charge >= 0.3 is 6.09 Å². The van der Waals surface area contributed by atoms with Crippen molar-refractivity contribution in [2.75, 3.05) is 0 Å². The molecule has 2 rings (SSSR count). The molecule has 19 heavy (non-hydrogen) atoms. The molecular formula is C14H13BrN2O2. The Kier molecular flexibility index (Phi) is 3.38. The third-order valence-corrected chi connectivity index (χ3v) is 3.05. The zero-order valence-electron chi connectivity index (χ0n) is 10.9. The smallest absolute Gasteiger partial charge is 0.419 e. The number of fused-ring (bicyclic) bond motifs is 1. The Balaban J connectivity index is 2.56. The molecule has 0 aliphatic rings. The SMILES string of the molecule is CC(C)(C)OC(=O)n1c(Br)cc2ccc(C#N)cc21. The standard InChI is InChI=1S/C14H13BrN2O2/c1-14(2,3)19-13(18)17-11-6-9(8-16)4-5-10(11)7-12(17)15/h4-7H,1-3H3. The van der Waals surface area contributed by atoms with E-state index in [1.54, 1.807) is 18.2 Å². The third-order valence-electron chi connectivity index (χ3n) is 2.46. The monoisotopic (exact) mass is 320 g/mol. The molecule has 0 saturated heterocycles. The Bertz CT molecular complexity index is 690. The van der Waals surface area contributed by atoms with Crippen LogP contribution >= 0.6 is 15.9 Å². The topological polar surface area (TPSA) is 55.0 Å². The molecule has 0 radical (unpaired) electrons. The van der Waals surface area contributed by atoms with Crippen molar-refractivity contribution in [2.24, 2.45) is 0 Å². The summed E-state index contributed by atoms with van der Waals surface area (Å²) in [6, 6.07) is 9.07. The Morgan fingerprint density at radius 1 is 1.37 bits per heavy atom. The number of benzene rings is 1. The van der Waals surface area contributed by atoms with Crippen LogP contribution in [0.15, 0.2) is 28.9 Å². The third kappa shape index (κ3) is 2.79. The van der Waals surface area contributed by atoms with Crippen LogP contribution in [0.2, 0.25) is 0 Å². The van der Waals surface area contributed by atoms with E-state index in [1.165, 1.54) is 4.57 Å². The van der Waals surface area contributed by atoms with E-state index in [1.807, 2.05) is 26.8 Å². The van der Waals surface area contributed by atoms with Gasteiger partial charge in [0.25, 0.3) is 0 Å². The minimum atomic E-state index is -0.569. The van der Waals surface area contributed by atoms with Crippen LogP contribution in [0.4, 0.5) is 4.79 Å². The highest BCUT2D eigenvalue weighted by atomic mass is 79.9. The average Bonchev–Trinajstić information content (AvgIpc) is 2.61. The number of nitrogens with zero attached hydrogens (tertiary/aromatic N) is 2. The van der Waals surface area contributed by atoms with Gasteiger partial charge < -0.3 is 4.74 Å². The quantitative estimate of drug-likeness (QED) is 0.735. The minimum Gasteiger partial charge on any atom is -0.443 e. The molecule has 0 saturated carbocycles. The molecule has 4 nitrogen and oxygen atoms in total.